The standard InChI is InChI=1S/C13H9BrCl2N2O/c14-8-3-7(4-9(17)5-8)13(19)18-10-1-2-11(15)12(16)6-10/h1-6H,17H2,(H,18,19). The third-order valence-electron chi connectivity index (χ3n) is 2.36. The van der Waals surface area contributed by atoms with Crippen LogP contribution in [0.3, 0.4) is 0 Å². The molecule has 0 radical (unpaired) electrons. The highest BCUT2D eigenvalue weighted by atomic mass is 79.9. The molecule has 6 heteroatoms. The van der Waals surface area contributed by atoms with E-state index in [1.165, 1.54) is 0 Å². The van der Waals surface area contributed by atoms with Gasteiger partial charge in [0.15, 0.2) is 0 Å². The van der Waals surface area contributed by atoms with Gasteiger partial charge in [0.05, 0.1) is 10.0 Å². The van der Waals surface area contributed by atoms with Gasteiger partial charge in [-0.25, -0.2) is 0 Å². The van der Waals surface area contributed by atoms with Gasteiger partial charge in [0.25, 0.3) is 5.91 Å². The van der Waals surface area contributed by atoms with Gasteiger partial charge in [0, 0.05) is 21.4 Å². The van der Waals surface area contributed by atoms with Crippen LogP contribution in [0.4, 0.5) is 11.4 Å². The quantitative estimate of drug-likeness (QED) is 0.770. The van der Waals surface area contributed by atoms with Gasteiger partial charge in [-0.05, 0) is 36.4 Å². The lowest BCUT2D eigenvalue weighted by molar-refractivity contribution is 0.102. The molecule has 0 aromatic heterocycles. The van der Waals surface area contributed by atoms with Crippen LogP contribution in [0.2, 0.25) is 10.0 Å². The maximum absolute atomic E-state index is 12.1. The summed E-state index contributed by atoms with van der Waals surface area (Å²) in [6.45, 7) is 0. The van der Waals surface area contributed by atoms with E-state index >= 15 is 0 Å². The minimum atomic E-state index is -0.272. The highest BCUT2D eigenvalue weighted by molar-refractivity contribution is 9.10. The van der Waals surface area contributed by atoms with Crippen molar-refractivity contribution in [3.8, 4) is 0 Å². The first kappa shape index (κ1) is 14.2. The molecule has 1 amide bonds. The third kappa shape index (κ3) is 3.62. The summed E-state index contributed by atoms with van der Waals surface area (Å²) in [4.78, 5) is 12.1. The summed E-state index contributed by atoms with van der Waals surface area (Å²) in [6, 6.07) is 9.88. The van der Waals surface area contributed by atoms with E-state index in [1.54, 1.807) is 36.4 Å². The molecular formula is C13H9BrCl2N2O. The van der Waals surface area contributed by atoms with E-state index in [0.717, 1.165) is 4.47 Å². The summed E-state index contributed by atoms with van der Waals surface area (Å²) >= 11 is 15.0. The zero-order valence-corrected chi connectivity index (χ0v) is 12.7. The van der Waals surface area contributed by atoms with Crippen molar-refractivity contribution >= 4 is 56.4 Å². The maximum Gasteiger partial charge on any atom is 0.255 e. The van der Waals surface area contributed by atoms with E-state index in [4.69, 9.17) is 28.9 Å². The van der Waals surface area contributed by atoms with Crippen LogP contribution in [0.5, 0.6) is 0 Å². The molecule has 0 aliphatic carbocycles. The number of carbonyl (C=O) groups excluding carboxylic acids is 1. The fourth-order valence-electron chi connectivity index (χ4n) is 1.52. The highest BCUT2D eigenvalue weighted by Gasteiger charge is 2.09. The summed E-state index contributed by atoms with van der Waals surface area (Å²) in [5.74, 6) is -0.272. The van der Waals surface area contributed by atoms with E-state index in [1.807, 2.05) is 0 Å². The normalized spacial score (nSPS) is 10.3. The Bertz CT molecular complexity index is 626. The van der Waals surface area contributed by atoms with E-state index in [2.05, 4.69) is 21.2 Å². The number of halogens is 3. The number of anilines is 2. The Labute approximate surface area is 128 Å². The molecule has 0 unspecified atom stereocenters. The summed E-state index contributed by atoms with van der Waals surface area (Å²) in [5.41, 5.74) is 7.22. The molecule has 2 aromatic carbocycles. The summed E-state index contributed by atoms with van der Waals surface area (Å²) in [5, 5.41) is 3.54. The fourth-order valence-corrected chi connectivity index (χ4v) is 2.33. The molecule has 0 spiro atoms. The lowest BCUT2D eigenvalue weighted by Crippen LogP contribution is -2.12. The molecule has 2 aromatic rings. The Hall–Kier alpha value is -1.23. The van der Waals surface area contributed by atoms with E-state index in [0.29, 0.717) is 27.0 Å². The Kier molecular flexibility index (Phi) is 4.34. The second-order valence-electron chi connectivity index (χ2n) is 3.86. The number of rotatable bonds is 2. The van der Waals surface area contributed by atoms with Crippen molar-refractivity contribution in [1.82, 2.24) is 0 Å². The summed E-state index contributed by atoms with van der Waals surface area (Å²) in [6.07, 6.45) is 0. The maximum atomic E-state index is 12.1. The Morgan fingerprint density at radius 1 is 1.11 bits per heavy atom. The monoisotopic (exact) mass is 358 g/mol. The number of benzene rings is 2. The van der Waals surface area contributed by atoms with Crippen LogP contribution in [-0.2, 0) is 0 Å². The van der Waals surface area contributed by atoms with E-state index < -0.39 is 0 Å². The molecule has 3 nitrogen and oxygen atoms in total. The Morgan fingerprint density at radius 3 is 2.47 bits per heavy atom. The zero-order chi connectivity index (χ0) is 14.0. The lowest BCUT2D eigenvalue weighted by Gasteiger charge is -2.07. The van der Waals surface area contributed by atoms with Crippen molar-refractivity contribution in [3.05, 3.63) is 56.5 Å². The van der Waals surface area contributed by atoms with Gasteiger partial charge < -0.3 is 11.1 Å². The molecule has 2 rings (SSSR count). The van der Waals surface area contributed by atoms with Gasteiger partial charge in [0.1, 0.15) is 0 Å². The Morgan fingerprint density at radius 2 is 1.84 bits per heavy atom. The number of amides is 1. The molecule has 0 bridgehead atoms. The van der Waals surface area contributed by atoms with Gasteiger partial charge in [-0.2, -0.15) is 0 Å². The molecule has 0 heterocycles. The van der Waals surface area contributed by atoms with Crippen molar-refractivity contribution in [2.24, 2.45) is 0 Å². The molecule has 0 aliphatic heterocycles. The number of nitrogens with one attached hydrogen (secondary N) is 1. The molecule has 0 saturated carbocycles. The minimum Gasteiger partial charge on any atom is -0.399 e. The van der Waals surface area contributed by atoms with Crippen LogP contribution < -0.4 is 11.1 Å². The molecule has 0 atom stereocenters. The first-order chi connectivity index (χ1) is 8.95. The van der Waals surface area contributed by atoms with Crippen LogP contribution in [0.1, 0.15) is 10.4 Å². The van der Waals surface area contributed by atoms with E-state index in [9.17, 15) is 4.79 Å². The minimum absolute atomic E-state index is 0.272. The fraction of sp³-hybridized carbons (Fsp3) is 0. The molecule has 0 saturated heterocycles. The smallest absolute Gasteiger partial charge is 0.255 e. The van der Waals surface area contributed by atoms with Crippen molar-refractivity contribution in [2.75, 3.05) is 11.1 Å². The summed E-state index contributed by atoms with van der Waals surface area (Å²) in [7, 11) is 0. The van der Waals surface area contributed by atoms with Gasteiger partial charge >= 0.3 is 0 Å². The molecular weight excluding hydrogens is 351 g/mol. The van der Waals surface area contributed by atoms with Gasteiger partial charge in [0.2, 0.25) is 0 Å². The predicted molar refractivity (Wildman–Crippen MR) is 83.0 cm³/mol. The Balaban J connectivity index is 2.22. The van der Waals surface area contributed by atoms with Crippen LogP contribution in [0, 0.1) is 0 Å². The number of hydrogen-bond acceptors (Lipinski definition) is 2. The van der Waals surface area contributed by atoms with Gasteiger partial charge in [-0.3, -0.25) is 4.79 Å². The first-order valence-electron chi connectivity index (χ1n) is 5.28. The van der Waals surface area contributed by atoms with Crippen LogP contribution in [0.15, 0.2) is 40.9 Å². The predicted octanol–water partition coefficient (Wildman–Crippen LogP) is 4.59. The highest BCUT2D eigenvalue weighted by Crippen LogP contribution is 2.25. The van der Waals surface area contributed by atoms with Crippen LogP contribution >= 0.6 is 39.1 Å². The number of nitrogen functional groups attached to an aromatic ring is 1. The molecule has 98 valence electrons. The lowest BCUT2D eigenvalue weighted by atomic mass is 10.2. The number of hydrogen-bond donors (Lipinski definition) is 2. The van der Waals surface area contributed by atoms with Crippen molar-refractivity contribution in [1.29, 1.82) is 0 Å². The zero-order valence-electron chi connectivity index (χ0n) is 9.58. The molecule has 3 N–H and O–H groups in total. The number of nitrogens with two attached hydrogens (primary N) is 1. The SMILES string of the molecule is Nc1cc(Br)cc(C(=O)Nc2ccc(Cl)c(Cl)c2)c1. The van der Waals surface area contributed by atoms with Crippen LogP contribution in [0.25, 0.3) is 0 Å². The molecule has 0 fully saturated rings. The van der Waals surface area contributed by atoms with Gasteiger partial charge in [-0.1, -0.05) is 39.1 Å². The van der Waals surface area contributed by atoms with Crippen LogP contribution in [-0.4, -0.2) is 5.91 Å². The molecule has 0 aliphatic rings. The van der Waals surface area contributed by atoms with E-state index in [-0.39, 0.29) is 5.91 Å². The average molecular weight is 360 g/mol. The van der Waals surface area contributed by atoms with Crippen molar-refractivity contribution < 1.29 is 4.79 Å². The van der Waals surface area contributed by atoms with Crippen molar-refractivity contribution in [2.45, 2.75) is 0 Å². The molecule has 19 heavy (non-hydrogen) atoms. The topological polar surface area (TPSA) is 55.1 Å². The second kappa shape index (κ2) is 5.82. The summed E-state index contributed by atoms with van der Waals surface area (Å²) < 4.78 is 0.742. The van der Waals surface area contributed by atoms with Crippen molar-refractivity contribution in [3.63, 3.8) is 0 Å². The first-order valence-corrected chi connectivity index (χ1v) is 6.83. The van der Waals surface area contributed by atoms with Gasteiger partial charge in [-0.15, -0.1) is 0 Å². The average Bonchev–Trinajstić information content (AvgIpc) is 2.32. The largest absolute Gasteiger partial charge is 0.399 e. The number of carbonyl (C=O) groups is 1. The second-order valence-corrected chi connectivity index (χ2v) is 5.59. The third-order valence-corrected chi connectivity index (χ3v) is 3.56.